The van der Waals surface area contributed by atoms with Gasteiger partial charge in [-0.3, -0.25) is 4.79 Å². The van der Waals surface area contributed by atoms with Gasteiger partial charge in [0, 0.05) is 6.20 Å². The number of nitrogens with zero attached hydrogens (tertiary/aromatic N) is 3. The molecular formula is C14H12ClF3N4O4. The van der Waals surface area contributed by atoms with E-state index in [0.717, 1.165) is 25.3 Å². The van der Waals surface area contributed by atoms with E-state index >= 15 is 0 Å². The number of anilines is 1. The monoisotopic (exact) mass is 392 g/mol. The molecule has 26 heavy (non-hydrogen) atoms. The van der Waals surface area contributed by atoms with Crippen molar-refractivity contribution in [3.63, 3.8) is 0 Å². The van der Waals surface area contributed by atoms with E-state index in [1.165, 1.54) is 0 Å². The highest BCUT2D eigenvalue weighted by molar-refractivity contribution is 6.32. The van der Waals surface area contributed by atoms with Crippen LogP contribution in [0.3, 0.4) is 0 Å². The maximum absolute atomic E-state index is 12.5. The Labute approximate surface area is 148 Å². The van der Waals surface area contributed by atoms with Gasteiger partial charge in [-0.1, -0.05) is 11.6 Å². The van der Waals surface area contributed by atoms with Crippen LogP contribution in [0, 0.1) is 0 Å². The van der Waals surface area contributed by atoms with E-state index in [9.17, 15) is 27.9 Å². The first-order chi connectivity index (χ1) is 11.9. The third-order valence-electron chi connectivity index (χ3n) is 3.29. The molecule has 3 N–H and O–H groups in total. The third kappa shape index (κ3) is 4.11. The molecule has 0 spiro atoms. The molecule has 2 rings (SSSR count). The first-order valence-corrected chi connectivity index (χ1v) is 7.32. The van der Waals surface area contributed by atoms with Crippen molar-refractivity contribution in [2.24, 2.45) is 0 Å². The summed E-state index contributed by atoms with van der Waals surface area (Å²) >= 11 is 5.89. The van der Waals surface area contributed by atoms with Crippen LogP contribution in [0.25, 0.3) is 5.82 Å². The van der Waals surface area contributed by atoms with E-state index < -0.39 is 40.4 Å². The van der Waals surface area contributed by atoms with Crippen molar-refractivity contribution in [1.82, 2.24) is 14.8 Å². The van der Waals surface area contributed by atoms with E-state index in [1.54, 1.807) is 0 Å². The highest BCUT2D eigenvalue weighted by atomic mass is 35.5. The van der Waals surface area contributed by atoms with Crippen molar-refractivity contribution in [3.05, 3.63) is 45.5 Å². The molecule has 2 heterocycles. The molecule has 8 nitrogen and oxygen atoms in total. The first-order valence-electron chi connectivity index (χ1n) is 6.94. The van der Waals surface area contributed by atoms with Crippen molar-refractivity contribution in [2.75, 3.05) is 11.9 Å². The van der Waals surface area contributed by atoms with Crippen LogP contribution < -0.4 is 10.9 Å². The second kappa shape index (κ2) is 6.92. The minimum absolute atomic E-state index is 0.0543. The summed E-state index contributed by atoms with van der Waals surface area (Å²) in [5.74, 6) is -1.68. The van der Waals surface area contributed by atoms with Gasteiger partial charge in [-0.05, 0) is 19.1 Å². The molecule has 1 atom stereocenters. The first kappa shape index (κ1) is 19.7. The number of rotatable bonds is 5. The van der Waals surface area contributed by atoms with E-state index in [0.29, 0.717) is 10.9 Å². The van der Waals surface area contributed by atoms with E-state index in [1.807, 2.05) is 0 Å². The Morgan fingerprint density at radius 1 is 1.35 bits per heavy atom. The number of aliphatic carboxylic acids is 1. The average molecular weight is 393 g/mol. The fourth-order valence-electron chi connectivity index (χ4n) is 1.74. The molecule has 0 aliphatic heterocycles. The molecule has 12 heteroatoms. The van der Waals surface area contributed by atoms with Crippen LogP contribution in [0.5, 0.6) is 0 Å². The Kier molecular flexibility index (Phi) is 5.23. The zero-order valence-electron chi connectivity index (χ0n) is 13.1. The lowest BCUT2D eigenvalue weighted by atomic mass is 10.1. The Bertz CT molecular complexity index is 881. The maximum Gasteiger partial charge on any atom is 0.417 e. The second-order valence-corrected chi connectivity index (χ2v) is 5.80. The minimum atomic E-state index is -4.57. The van der Waals surface area contributed by atoms with Crippen LogP contribution in [0.1, 0.15) is 12.5 Å². The van der Waals surface area contributed by atoms with Crippen molar-refractivity contribution in [2.45, 2.75) is 18.7 Å². The smallest absolute Gasteiger partial charge is 0.417 e. The molecule has 0 aliphatic carbocycles. The number of hydrogen-bond donors (Lipinski definition) is 3. The predicted molar refractivity (Wildman–Crippen MR) is 84.4 cm³/mol. The van der Waals surface area contributed by atoms with Gasteiger partial charge in [-0.25, -0.2) is 9.78 Å². The van der Waals surface area contributed by atoms with E-state index in [2.05, 4.69) is 15.4 Å². The number of halogens is 4. The summed E-state index contributed by atoms with van der Waals surface area (Å²) in [6, 6.07) is 1.69. The van der Waals surface area contributed by atoms with Gasteiger partial charge >= 0.3 is 12.1 Å². The van der Waals surface area contributed by atoms with Gasteiger partial charge in [0.15, 0.2) is 11.4 Å². The Morgan fingerprint density at radius 2 is 2.00 bits per heavy atom. The molecule has 2 aromatic heterocycles. The summed E-state index contributed by atoms with van der Waals surface area (Å²) in [6.07, 6.45) is -2.97. The second-order valence-electron chi connectivity index (χ2n) is 5.42. The number of alkyl halides is 3. The molecule has 140 valence electrons. The van der Waals surface area contributed by atoms with Crippen LogP contribution in [-0.2, 0) is 11.0 Å². The summed E-state index contributed by atoms with van der Waals surface area (Å²) in [5, 5.41) is 24.3. The minimum Gasteiger partial charge on any atom is -0.479 e. The van der Waals surface area contributed by atoms with Gasteiger partial charge in [-0.2, -0.15) is 23.0 Å². The van der Waals surface area contributed by atoms with Crippen LogP contribution in [0.15, 0.2) is 29.3 Å². The zero-order chi connectivity index (χ0) is 19.7. The van der Waals surface area contributed by atoms with Gasteiger partial charge in [0.05, 0.1) is 24.0 Å². The molecule has 2 aromatic rings. The molecule has 0 aliphatic rings. The highest BCUT2D eigenvalue weighted by Crippen LogP contribution is 2.28. The summed E-state index contributed by atoms with van der Waals surface area (Å²) in [7, 11) is 0. The number of aliphatic hydroxyl groups is 1. The lowest BCUT2D eigenvalue weighted by Gasteiger charge is -2.19. The Morgan fingerprint density at radius 3 is 2.50 bits per heavy atom. The molecule has 0 saturated carbocycles. The van der Waals surface area contributed by atoms with Gasteiger partial charge in [0.25, 0.3) is 5.56 Å². The lowest BCUT2D eigenvalue weighted by molar-refractivity contribution is -0.155. The van der Waals surface area contributed by atoms with Crippen LogP contribution >= 0.6 is 11.6 Å². The van der Waals surface area contributed by atoms with Crippen molar-refractivity contribution in [1.29, 1.82) is 0 Å². The number of carboxylic acids is 1. The summed E-state index contributed by atoms with van der Waals surface area (Å²) in [5.41, 5.74) is -4.05. The molecule has 0 amide bonds. The molecule has 0 bridgehead atoms. The third-order valence-corrected chi connectivity index (χ3v) is 3.66. The number of carboxylic acid groups (broad SMARTS) is 1. The average Bonchev–Trinajstić information content (AvgIpc) is 2.55. The highest BCUT2D eigenvalue weighted by Gasteiger charge is 2.31. The summed E-state index contributed by atoms with van der Waals surface area (Å²) in [4.78, 5) is 26.6. The Balaban J connectivity index is 2.30. The summed E-state index contributed by atoms with van der Waals surface area (Å²) < 4.78 is 38.3. The van der Waals surface area contributed by atoms with E-state index in [4.69, 9.17) is 16.7 Å². The number of carbonyl (C=O) groups is 1. The van der Waals surface area contributed by atoms with Gasteiger partial charge in [0.2, 0.25) is 0 Å². The SMILES string of the molecule is CC(O)(CNc1cnn(-c2ccc(C(F)(F)F)cn2)c(=O)c1Cl)C(=O)O. The Hall–Kier alpha value is -2.66. The van der Waals surface area contributed by atoms with Gasteiger partial charge in [0.1, 0.15) is 5.02 Å². The normalized spacial score (nSPS) is 13.9. The molecule has 0 fully saturated rings. The zero-order valence-corrected chi connectivity index (χ0v) is 13.8. The molecule has 1 unspecified atom stereocenters. The molecule has 0 saturated heterocycles. The summed E-state index contributed by atoms with van der Waals surface area (Å²) in [6.45, 7) is 0.572. The van der Waals surface area contributed by atoms with Crippen molar-refractivity contribution in [3.8, 4) is 5.82 Å². The van der Waals surface area contributed by atoms with Crippen molar-refractivity contribution < 1.29 is 28.2 Å². The fraction of sp³-hybridized carbons (Fsp3) is 0.286. The maximum atomic E-state index is 12.5. The standard InChI is InChI=1S/C14H12ClF3N4O4/c1-13(26,12(24)25)6-20-8-5-21-22(11(23)10(8)15)9-3-2-7(4-19-9)14(16,17)18/h2-5,20,26H,6H2,1H3,(H,24,25). The van der Waals surface area contributed by atoms with Gasteiger partial charge < -0.3 is 15.5 Å². The molecule has 0 aromatic carbocycles. The van der Waals surface area contributed by atoms with E-state index in [-0.39, 0.29) is 11.5 Å². The fourth-order valence-corrected chi connectivity index (χ4v) is 1.94. The van der Waals surface area contributed by atoms with Crippen molar-refractivity contribution >= 4 is 23.3 Å². The number of pyridine rings is 1. The predicted octanol–water partition coefficient (Wildman–Crippen LogP) is 1.55. The van der Waals surface area contributed by atoms with Crippen LogP contribution in [-0.4, -0.2) is 43.1 Å². The quantitative estimate of drug-likeness (QED) is 0.706. The number of nitrogens with one attached hydrogen (secondary N) is 1. The van der Waals surface area contributed by atoms with Gasteiger partial charge in [-0.15, -0.1) is 0 Å². The number of hydrogen-bond acceptors (Lipinski definition) is 6. The van der Waals surface area contributed by atoms with Crippen LogP contribution in [0.4, 0.5) is 18.9 Å². The number of aromatic nitrogens is 3. The molecular weight excluding hydrogens is 381 g/mol. The largest absolute Gasteiger partial charge is 0.479 e. The molecule has 0 radical (unpaired) electrons. The lowest BCUT2D eigenvalue weighted by Crippen LogP contribution is -2.42. The van der Waals surface area contributed by atoms with Crippen LogP contribution in [0.2, 0.25) is 5.02 Å². The topological polar surface area (TPSA) is 117 Å².